The van der Waals surface area contributed by atoms with Crippen molar-refractivity contribution in [2.45, 2.75) is 6.92 Å². The molecule has 12 heavy (non-hydrogen) atoms. The first-order valence-corrected chi connectivity index (χ1v) is 4.12. The van der Waals surface area contributed by atoms with Crippen LogP contribution in [0, 0.1) is 12.9 Å². The molecular weight excluding hydrogens is 177 g/mol. The predicted molar refractivity (Wildman–Crippen MR) is 48.7 cm³/mol. The molecule has 1 nitrogen and oxygen atoms in total. The fraction of sp³-hybridized carbons (Fsp3) is 0.222. The van der Waals surface area contributed by atoms with Gasteiger partial charge in [-0.05, 0) is 18.6 Å². The molecule has 0 saturated heterocycles. The van der Waals surface area contributed by atoms with Crippen LogP contribution in [0.25, 0.3) is 6.08 Å². The van der Waals surface area contributed by atoms with Crippen molar-refractivity contribution in [3.63, 3.8) is 0 Å². The van der Waals surface area contributed by atoms with Gasteiger partial charge in [-0.15, -0.1) is 11.6 Å². The summed E-state index contributed by atoms with van der Waals surface area (Å²) in [6, 6.07) is 1.73. The number of aromatic nitrogens is 1. The predicted octanol–water partition coefficient (Wildman–Crippen LogP) is 2.78. The molecule has 0 bridgehead atoms. The standard InChI is InChI=1S/C9H9ClFN/c1-7-5-8(3-2-4-10)9(11)12-6-7/h2-3,5-6H,4H2,1H3. The molecule has 0 spiro atoms. The zero-order chi connectivity index (χ0) is 8.97. The minimum atomic E-state index is -0.457. The van der Waals surface area contributed by atoms with Crippen LogP contribution in [0.1, 0.15) is 11.1 Å². The second-order valence-corrected chi connectivity index (χ2v) is 2.76. The van der Waals surface area contributed by atoms with Gasteiger partial charge < -0.3 is 0 Å². The first-order chi connectivity index (χ1) is 5.74. The van der Waals surface area contributed by atoms with E-state index in [-0.39, 0.29) is 0 Å². The zero-order valence-electron chi connectivity index (χ0n) is 6.72. The Morgan fingerprint density at radius 1 is 1.67 bits per heavy atom. The highest BCUT2D eigenvalue weighted by Crippen LogP contribution is 2.08. The normalized spacial score (nSPS) is 10.9. The second kappa shape index (κ2) is 4.21. The van der Waals surface area contributed by atoms with E-state index < -0.39 is 5.95 Å². The van der Waals surface area contributed by atoms with Gasteiger partial charge in [0.05, 0.1) is 0 Å². The summed E-state index contributed by atoms with van der Waals surface area (Å²) >= 11 is 5.41. The van der Waals surface area contributed by atoms with E-state index >= 15 is 0 Å². The van der Waals surface area contributed by atoms with Crippen LogP contribution >= 0.6 is 11.6 Å². The number of halogens is 2. The molecule has 0 N–H and O–H groups in total. The van der Waals surface area contributed by atoms with Gasteiger partial charge >= 0.3 is 0 Å². The number of nitrogens with zero attached hydrogens (tertiary/aromatic N) is 1. The SMILES string of the molecule is Cc1cnc(F)c(C=CCCl)c1. The average molecular weight is 186 g/mol. The van der Waals surface area contributed by atoms with Crippen molar-refractivity contribution in [2.24, 2.45) is 0 Å². The Hall–Kier alpha value is -0.890. The van der Waals surface area contributed by atoms with Crippen LogP contribution in [0.15, 0.2) is 18.3 Å². The molecule has 0 saturated carbocycles. The van der Waals surface area contributed by atoms with Crippen LogP contribution in [-0.2, 0) is 0 Å². The van der Waals surface area contributed by atoms with E-state index in [1.54, 1.807) is 18.2 Å². The van der Waals surface area contributed by atoms with Gasteiger partial charge in [-0.2, -0.15) is 4.39 Å². The third-order valence-corrected chi connectivity index (χ3v) is 1.57. The molecular formula is C9H9ClFN. The quantitative estimate of drug-likeness (QED) is 0.510. The van der Waals surface area contributed by atoms with Gasteiger partial charge in [0.25, 0.3) is 0 Å². The van der Waals surface area contributed by atoms with E-state index in [1.807, 2.05) is 6.92 Å². The van der Waals surface area contributed by atoms with Crippen molar-refractivity contribution in [1.29, 1.82) is 0 Å². The smallest absolute Gasteiger partial charge is 0.220 e. The Morgan fingerprint density at radius 2 is 2.42 bits per heavy atom. The van der Waals surface area contributed by atoms with Crippen molar-refractivity contribution in [3.8, 4) is 0 Å². The summed E-state index contributed by atoms with van der Waals surface area (Å²) < 4.78 is 12.9. The highest BCUT2D eigenvalue weighted by Gasteiger charge is 1.98. The first-order valence-electron chi connectivity index (χ1n) is 3.58. The summed E-state index contributed by atoms with van der Waals surface area (Å²) in [6.07, 6.45) is 4.80. The van der Waals surface area contributed by atoms with Crippen molar-refractivity contribution in [1.82, 2.24) is 4.98 Å². The monoisotopic (exact) mass is 185 g/mol. The third kappa shape index (κ3) is 2.31. The van der Waals surface area contributed by atoms with E-state index in [0.29, 0.717) is 11.4 Å². The fourth-order valence-electron chi connectivity index (χ4n) is 0.864. The molecule has 1 rings (SSSR count). The van der Waals surface area contributed by atoms with Gasteiger partial charge in [0.1, 0.15) is 0 Å². The van der Waals surface area contributed by atoms with Crippen molar-refractivity contribution in [2.75, 3.05) is 5.88 Å². The van der Waals surface area contributed by atoms with Gasteiger partial charge in [0.15, 0.2) is 0 Å². The first kappa shape index (κ1) is 9.20. The van der Waals surface area contributed by atoms with Crippen LogP contribution in [0.5, 0.6) is 0 Å². The lowest BCUT2D eigenvalue weighted by Gasteiger charge is -1.96. The summed E-state index contributed by atoms with van der Waals surface area (Å²) in [4.78, 5) is 3.57. The summed E-state index contributed by atoms with van der Waals surface area (Å²) in [7, 11) is 0. The van der Waals surface area contributed by atoms with Crippen LogP contribution < -0.4 is 0 Å². The molecule has 0 aromatic carbocycles. The van der Waals surface area contributed by atoms with E-state index in [4.69, 9.17) is 11.6 Å². The van der Waals surface area contributed by atoms with Crippen molar-refractivity contribution < 1.29 is 4.39 Å². The molecule has 0 atom stereocenters. The highest BCUT2D eigenvalue weighted by atomic mass is 35.5. The van der Waals surface area contributed by atoms with Gasteiger partial charge in [-0.1, -0.05) is 12.2 Å². The molecule has 0 aliphatic carbocycles. The molecule has 0 aliphatic rings. The summed E-state index contributed by atoms with van der Waals surface area (Å²) in [5.41, 5.74) is 1.42. The minimum Gasteiger partial charge on any atom is -0.228 e. The highest BCUT2D eigenvalue weighted by molar-refractivity contribution is 6.19. The lowest BCUT2D eigenvalue weighted by atomic mass is 10.2. The second-order valence-electron chi connectivity index (χ2n) is 2.45. The lowest BCUT2D eigenvalue weighted by Crippen LogP contribution is -1.88. The molecule has 0 unspecified atom stereocenters. The molecule has 0 aliphatic heterocycles. The van der Waals surface area contributed by atoms with E-state index in [9.17, 15) is 4.39 Å². The summed E-state index contributed by atoms with van der Waals surface area (Å²) in [5.74, 6) is -0.0742. The number of alkyl halides is 1. The van der Waals surface area contributed by atoms with Crippen LogP contribution in [0.2, 0.25) is 0 Å². The zero-order valence-corrected chi connectivity index (χ0v) is 7.48. The Bertz CT molecular complexity index is 297. The van der Waals surface area contributed by atoms with Crippen molar-refractivity contribution >= 4 is 17.7 Å². The Labute approximate surface area is 75.9 Å². The molecule has 64 valence electrons. The number of rotatable bonds is 2. The van der Waals surface area contributed by atoms with Gasteiger partial charge in [0.2, 0.25) is 5.95 Å². The fourth-order valence-corrected chi connectivity index (χ4v) is 0.953. The van der Waals surface area contributed by atoms with Gasteiger partial charge in [0, 0.05) is 17.6 Å². The molecule has 1 heterocycles. The molecule has 0 radical (unpaired) electrons. The van der Waals surface area contributed by atoms with Crippen molar-refractivity contribution in [3.05, 3.63) is 35.4 Å². The number of pyridine rings is 1. The number of aryl methyl sites for hydroxylation is 1. The Morgan fingerprint density at radius 3 is 3.08 bits per heavy atom. The molecule has 1 aromatic rings. The Kier molecular flexibility index (Phi) is 3.23. The molecule has 3 heteroatoms. The molecule has 0 fully saturated rings. The van der Waals surface area contributed by atoms with Gasteiger partial charge in [-0.3, -0.25) is 0 Å². The summed E-state index contributed by atoms with van der Waals surface area (Å²) in [6.45, 7) is 1.87. The van der Waals surface area contributed by atoms with E-state index in [1.165, 1.54) is 6.20 Å². The average Bonchev–Trinajstić information content (AvgIpc) is 2.07. The maximum Gasteiger partial charge on any atom is 0.220 e. The maximum absolute atomic E-state index is 12.9. The van der Waals surface area contributed by atoms with Crippen LogP contribution in [0.4, 0.5) is 4.39 Å². The van der Waals surface area contributed by atoms with Gasteiger partial charge in [-0.25, -0.2) is 4.98 Å². The minimum absolute atomic E-state index is 0.382. The van der Waals surface area contributed by atoms with Crippen LogP contribution in [-0.4, -0.2) is 10.9 Å². The third-order valence-electron chi connectivity index (χ3n) is 1.39. The Balaban J connectivity index is 2.97. The molecule has 0 amide bonds. The number of hydrogen-bond donors (Lipinski definition) is 0. The molecule has 1 aromatic heterocycles. The number of allylic oxidation sites excluding steroid dienone is 1. The van der Waals surface area contributed by atoms with E-state index in [0.717, 1.165) is 5.56 Å². The topological polar surface area (TPSA) is 12.9 Å². The largest absolute Gasteiger partial charge is 0.228 e. The lowest BCUT2D eigenvalue weighted by molar-refractivity contribution is 0.580. The van der Waals surface area contributed by atoms with E-state index in [2.05, 4.69) is 4.98 Å². The maximum atomic E-state index is 12.9. The summed E-state index contributed by atoms with van der Waals surface area (Å²) in [5, 5.41) is 0. The number of hydrogen-bond acceptors (Lipinski definition) is 1. The van der Waals surface area contributed by atoms with Crippen LogP contribution in [0.3, 0.4) is 0 Å².